The summed E-state index contributed by atoms with van der Waals surface area (Å²) in [6, 6.07) is 6.19. The molecule has 27 heavy (non-hydrogen) atoms. The Hall–Kier alpha value is -1.95. The van der Waals surface area contributed by atoms with Crippen molar-refractivity contribution < 1.29 is 9.47 Å². The topological polar surface area (TPSA) is 58.1 Å². The third-order valence-electron chi connectivity index (χ3n) is 4.64. The van der Waals surface area contributed by atoms with E-state index < -0.39 is 0 Å². The zero-order valence-electron chi connectivity index (χ0n) is 18.0. The standard InChI is InChI=1S/C21H38N4O2/c1-7-22-21(24-17(4)11-10-14-25(8-2)9-3)23-16-18-12-13-19(26-5)15-20(18)27-6/h12-13,15,17H,7-11,14,16H2,1-6H3,(H2,22,23,24). The number of nitrogens with zero attached hydrogens (tertiary/aromatic N) is 2. The molecule has 0 saturated carbocycles. The molecular weight excluding hydrogens is 340 g/mol. The minimum absolute atomic E-state index is 0.371. The lowest BCUT2D eigenvalue weighted by Gasteiger charge is -2.21. The molecular formula is C21H38N4O2. The predicted octanol–water partition coefficient (Wildman–Crippen LogP) is 3.27. The minimum atomic E-state index is 0.371. The molecule has 0 aliphatic rings. The van der Waals surface area contributed by atoms with Gasteiger partial charge in [-0.3, -0.25) is 0 Å². The zero-order chi connectivity index (χ0) is 20.1. The van der Waals surface area contributed by atoms with Gasteiger partial charge in [-0.15, -0.1) is 0 Å². The molecule has 6 heteroatoms. The Morgan fingerprint density at radius 2 is 1.89 bits per heavy atom. The van der Waals surface area contributed by atoms with Gasteiger partial charge in [0.2, 0.25) is 0 Å². The second kappa shape index (κ2) is 13.3. The van der Waals surface area contributed by atoms with Crippen LogP contribution in [0.2, 0.25) is 0 Å². The molecule has 0 spiro atoms. The quantitative estimate of drug-likeness (QED) is 0.432. The van der Waals surface area contributed by atoms with Crippen LogP contribution in [0.1, 0.15) is 46.1 Å². The Bertz CT molecular complexity index is 559. The molecule has 6 nitrogen and oxygen atoms in total. The molecule has 0 aliphatic carbocycles. The van der Waals surface area contributed by atoms with E-state index in [0.29, 0.717) is 12.6 Å². The summed E-state index contributed by atoms with van der Waals surface area (Å²) in [5.74, 6) is 2.42. The van der Waals surface area contributed by atoms with Gasteiger partial charge in [0.05, 0.1) is 20.8 Å². The van der Waals surface area contributed by atoms with Gasteiger partial charge < -0.3 is 25.0 Å². The van der Waals surface area contributed by atoms with Gasteiger partial charge in [-0.25, -0.2) is 4.99 Å². The summed E-state index contributed by atoms with van der Waals surface area (Å²) in [7, 11) is 3.32. The number of rotatable bonds is 12. The second-order valence-electron chi connectivity index (χ2n) is 6.59. The molecule has 0 saturated heterocycles. The van der Waals surface area contributed by atoms with E-state index in [-0.39, 0.29) is 0 Å². The normalized spacial score (nSPS) is 12.8. The van der Waals surface area contributed by atoms with Gasteiger partial charge in [-0.05, 0) is 58.5 Å². The summed E-state index contributed by atoms with van der Waals surface area (Å²) >= 11 is 0. The maximum atomic E-state index is 5.46. The van der Waals surface area contributed by atoms with E-state index in [1.807, 2.05) is 18.2 Å². The van der Waals surface area contributed by atoms with E-state index in [0.717, 1.165) is 55.6 Å². The number of benzene rings is 1. The van der Waals surface area contributed by atoms with Crippen LogP contribution in [0.5, 0.6) is 11.5 Å². The average molecular weight is 379 g/mol. The predicted molar refractivity (Wildman–Crippen MR) is 114 cm³/mol. The van der Waals surface area contributed by atoms with Gasteiger partial charge in [-0.1, -0.05) is 13.8 Å². The number of ether oxygens (including phenoxy) is 2. The highest BCUT2D eigenvalue weighted by atomic mass is 16.5. The van der Waals surface area contributed by atoms with Crippen LogP contribution in [0.4, 0.5) is 0 Å². The first-order valence-corrected chi connectivity index (χ1v) is 10.1. The number of nitrogens with one attached hydrogen (secondary N) is 2. The smallest absolute Gasteiger partial charge is 0.191 e. The zero-order valence-corrected chi connectivity index (χ0v) is 18.0. The highest BCUT2D eigenvalue weighted by Gasteiger charge is 2.08. The van der Waals surface area contributed by atoms with Crippen LogP contribution in [0.3, 0.4) is 0 Å². The first-order chi connectivity index (χ1) is 13.1. The maximum absolute atomic E-state index is 5.46. The highest BCUT2D eigenvalue weighted by Crippen LogP contribution is 2.25. The van der Waals surface area contributed by atoms with Gasteiger partial charge in [0.1, 0.15) is 11.5 Å². The van der Waals surface area contributed by atoms with E-state index in [4.69, 9.17) is 14.5 Å². The summed E-state index contributed by atoms with van der Waals surface area (Å²) in [5.41, 5.74) is 1.03. The molecule has 0 heterocycles. The molecule has 1 rings (SSSR count). The van der Waals surface area contributed by atoms with Crippen molar-refractivity contribution >= 4 is 5.96 Å². The van der Waals surface area contributed by atoms with E-state index in [1.54, 1.807) is 14.2 Å². The van der Waals surface area contributed by atoms with Crippen molar-refractivity contribution in [3.05, 3.63) is 23.8 Å². The maximum Gasteiger partial charge on any atom is 0.191 e. The summed E-state index contributed by atoms with van der Waals surface area (Å²) < 4.78 is 10.7. The third-order valence-corrected chi connectivity index (χ3v) is 4.64. The van der Waals surface area contributed by atoms with Gasteiger partial charge >= 0.3 is 0 Å². The van der Waals surface area contributed by atoms with Gasteiger partial charge in [-0.2, -0.15) is 0 Å². The van der Waals surface area contributed by atoms with Crippen molar-refractivity contribution in [2.45, 2.75) is 53.1 Å². The van der Waals surface area contributed by atoms with Crippen LogP contribution in [0, 0.1) is 0 Å². The Morgan fingerprint density at radius 3 is 2.48 bits per heavy atom. The lowest BCUT2D eigenvalue weighted by molar-refractivity contribution is 0.292. The first kappa shape index (κ1) is 23.1. The number of guanidine groups is 1. The number of methoxy groups -OCH3 is 2. The number of aliphatic imine (C=N–C) groups is 1. The van der Waals surface area contributed by atoms with Crippen LogP contribution in [0.25, 0.3) is 0 Å². The van der Waals surface area contributed by atoms with Crippen molar-refractivity contribution in [1.29, 1.82) is 0 Å². The van der Waals surface area contributed by atoms with Gasteiger partial charge in [0.25, 0.3) is 0 Å². The molecule has 0 aromatic heterocycles. The van der Waals surface area contributed by atoms with Crippen molar-refractivity contribution in [2.75, 3.05) is 40.4 Å². The van der Waals surface area contributed by atoms with Gasteiger partial charge in [0, 0.05) is 24.2 Å². The summed E-state index contributed by atoms with van der Waals surface area (Å²) in [4.78, 5) is 7.19. The molecule has 2 N–H and O–H groups in total. The van der Waals surface area contributed by atoms with Crippen molar-refractivity contribution in [2.24, 2.45) is 4.99 Å². The Morgan fingerprint density at radius 1 is 1.15 bits per heavy atom. The van der Waals surface area contributed by atoms with Crippen LogP contribution in [-0.4, -0.2) is 57.3 Å². The molecule has 0 radical (unpaired) electrons. The lowest BCUT2D eigenvalue weighted by Crippen LogP contribution is -2.42. The van der Waals surface area contributed by atoms with Crippen LogP contribution in [0.15, 0.2) is 23.2 Å². The molecule has 0 bridgehead atoms. The molecule has 154 valence electrons. The van der Waals surface area contributed by atoms with Crippen LogP contribution < -0.4 is 20.1 Å². The van der Waals surface area contributed by atoms with Crippen molar-refractivity contribution in [3.8, 4) is 11.5 Å². The van der Waals surface area contributed by atoms with Gasteiger partial charge in [0.15, 0.2) is 5.96 Å². The fourth-order valence-corrected chi connectivity index (χ4v) is 2.93. The molecule has 1 aromatic carbocycles. The Labute approximate surface area is 165 Å². The van der Waals surface area contributed by atoms with Crippen molar-refractivity contribution in [3.63, 3.8) is 0 Å². The second-order valence-corrected chi connectivity index (χ2v) is 6.59. The number of hydrogen-bond acceptors (Lipinski definition) is 4. The average Bonchev–Trinajstić information content (AvgIpc) is 2.69. The van der Waals surface area contributed by atoms with E-state index in [1.165, 1.54) is 6.42 Å². The minimum Gasteiger partial charge on any atom is -0.497 e. The summed E-state index contributed by atoms with van der Waals surface area (Å²) in [6.07, 6.45) is 2.30. The van der Waals surface area contributed by atoms with E-state index >= 15 is 0 Å². The largest absolute Gasteiger partial charge is 0.497 e. The van der Waals surface area contributed by atoms with E-state index in [2.05, 4.69) is 43.2 Å². The molecule has 0 fully saturated rings. The SMILES string of the molecule is CCNC(=NCc1ccc(OC)cc1OC)NC(C)CCCN(CC)CC. The van der Waals surface area contributed by atoms with E-state index in [9.17, 15) is 0 Å². The highest BCUT2D eigenvalue weighted by molar-refractivity contribution is 5.80. The summed E-state index contributed by atoms with van der Waals surface area (Å²) in [6.45, 7) is 13.5. The fraction of sp³-hybridized carbons (Fsp3) is 0.667. The monoisotopic (exact) mass is 378 g/mol. The Balaban J connectivity index is 2.64. The molecule has 0 amide bonds. The fourth-order valence-electron chi connectivity index (χ4n) is 2.93. The van der Waals surface area contributed by atoms with Crippen molar-refractivity contribution in [1.82, 2.24) is 15.5 Å². The van der Waals surface area contributed by atoms with Crippen LogP contribution >= 0.6 is 0 Å². The molecule has 1 unspecified atom stereocenters. The number of hydrogen-bond donors (Lipinski definition) is 2. The molecule has 0 aliphatic heterocycles. The lowest BCUT2D eigenvalue weighted by atomic mass is 10.1. The third kappa shape index (κ3) is 8.52. The molecule has 1 aromatic rings. The Kier molecular flexibility index (Phi) is 11.3. The first-order valence-electron chi connectivity index (χ1n) is 10.1. The van der Waals surface area contributed by atoms with Crippen LogP contribution in [-0.2, 0) is 6.54 Å². The molecule has 1 atom stereocenters. The summed E-state index contributed by atoms with van der Waals surface area (Å²) in [5, 5.41) is 6.84.